The summed E-state index contributed by atoms with van der Waals surface area (Å²) in [7, 11) is 3.66. The Bertz CT molecular complexity index is 756. The van der Waals surface area contributed by atoms with Gasteiger partial charge in [-0.1, -0.05) is 13.8 Å². The molecule has 2 saturated heterocycles. The molecule has 2 amide bonds. The number of rotatable bonds is 3. The van der Waals surface area contributed by atoms with E-state index in [0.29, 0.717) is 5.92 Å². The van der Waals surface area contributed by atoms with Crippen LogP contribution in [0.3, 0.4) is 0 Å². The summed E-state index contributed by atoms with van der Waals surface area (Å²) in [4.78, 5) is 27.2. The fourth-order valence-corrected chi connectivity index (χ4v) is 5.21. The van der Waals surface area contributed by atoms with E-state index in [-0.39, 0.29) is 47.8 Å². The van der Waals surface area contributed by atoms with E-state index in [1.165, 1.54) is 0 Å². The summed E-state index contributed by atoms with van der Waals surface area (Å²) < 4.78 is 7.61. The minimum absolute atomic E-state index is 0.00773. The topological polar surface area (TPSA) is 76.5 Å². The number of aryl methyl sites for hydroxylation is 1. The van der Waals surface area contributed by atoms with Crippen LogP contribution in [0.25, 0.3) is 0 Å². The van der Waals surface area contributed by atoms with Crippen molar-refractivity contribution >= 4 is 11.8 Å². The van der Waals surface area contributed by atoms with Crippen molar-refractivity contribution in [3.8, 4) is 0 Å². The Morgan fingerprint density at radius 3 is 2.77 bits per heavy atom. The Kier molecular flexibility index (Phi) is 3.91. The summed E-state index contributed by atoms with van der Waals surface area (Å²) in [5, 5.41) is 7.56. The Morgan fingerprint density at radius 1 is 1.38 bits per heavy atom. The molecule has 142 valence electrons. The zero-order valence-electron chi connectivity index (χ0n) is 16.2. The summed E-state index contributed by atoms with van der Waals surface area (Å²) in [6.45, 7) is 7.05. The van der Waals surface area contributed by atoms with Crippen LogP contribution in [0.1, 0.15) is 44.0 Å². The second-order valence-electron chi connectivity index (χ2n) is 8.62. The van der Waals surface area contributed by atoms with Crippen LogP contribution in [-0.4, -0.2) is 52.3 Å². The first-order chi connectivity index (χ1) is 12.2. The van der Waals surface area contributed by atoms with Crippen LogP contribution in [-0.2, 0) is 21.4 Å². The first-order valence-electron chi connectivity index (χ1n) is 9.39. The van der Waals surface area contributed by atoms with E-state index in [1.54, 1.807) is 22.8 Å². The van der Waals surface area contributed by atoms with Crippen molar-refractivity contribution < 1.29 is 14.3 Å². The number of nitrogens with one attached hydrogen (secondary N) is 1. The highest BCUT2D eigenvalue weighted by Crippen LogP contribution is 2.52. The zero-order chi connectivity index (χ0) is 18.8. The van der Waals surface area contributed by atoms with E-state index in [4.69, 9.17) is 4.74 Å². The molecule has 1 saturated carbocycles. The lowest BCUT2D eigenvalue weighted by Crippen LogP contribution is -2.67. The molecule has 7 heteroatoms. The molecule has 3 heterocycles. The van der Waals surface area contributed by atoms with Crippen LogP contribution >= 0.6 is 0 Å². The molecule has 26 heavy (non-hydrogen) atoms. The fraction of sp³-hybridized carbons (Fsp3) is 0.737. The highest BCUT2D eigenvalue weighted by atomic mass is 16.5. The van der Waals surface area contributed by atoms with Gasteiger partial charge in [0.1, 0.15) is 0 Å². The van der Waals surface area contributed by atoms with Crippen LogP contribution in [0.4, 0.5) is 0 Å². The van der Waals surface area contributed by atoms with E-state index in [1.807, 2.05) is 14.0 Å². The summed E-state index contributed by atoms with van der Waals surface area (Å²) in [6.07, 6.45) is 3.26. The Hall–Kier alpha value is -1.89. The van der Waals surface area contributed by atoms with E-state index < -0.39 is 0 Å². The van der Waals surface area contributed by atoms with Gasteiger partial charge < -0.3 is 15.0 Å². The molecule has 0 spiro atoms. The van der Waals surface area contributed by atoms with Crippen molar-refractivity contribution in [3.05, 3.63) is 17.5 Å². The van der Waals surface area contributed by atoms with Crippen molar-refractivity contribution in [2.45, 2.75) is 51.8 Å². The maximum absolute atomic E-state index is 13.2. The van der Waals surface area contributed by atoms with Gasteiger partial charge in [-0.3, -0.25) is 14.3 Å². The van der Waals surface area contributed by atoms with Crippen molar-refractivity contribution in [2.75, 3.05) is 13.7 Å². The molecule has 1 aromatic heterocycles. The van der Waals surface area contributed by atoms with Gasteiger partial charge >= 0.3 is 0 Å². The molecule has 3 fully saturated rings. The number of nitrogens with zero attached hydrogens (tertiary/aromatic N) is 3. The molecular formula is C19H28N4O3. The average molecular weight is 360 g/mol. The van der Waals surface area contributed by atoms with Gasteiger partial charge in [0.2, 0.25) is 11.8 Å². The fourth-order valence-electron chi connectivity index (χ4n) is 5.21. The standard InChI is InChI=1S/C19H28N4O3/c1-10-13(9-20-23(10)5)15-12(8-14(24)22(15)4)18(25)21-16-11-6-7-26-17(11)19(16,2)3/h9,11-12,15-17H,6-8H2,1-5H3,(H,21,25). The third-order valence-corrected chi connectivity index (χ3v) is 6.91. The first-order valence-corrected chi connectivity index (χ1v) is 9.39. The molecule has 0 radical (unpaired) electrons. The molecule has 5 atom stereocenters. The van der Waals surface area contributed by atoms with Gasteiger partial charge in [-0.15, -0.1) is 0 Å². The quantitative estimate of drug-likeness (QED) is 0.878. The number of carbonyl (C=O) groups is 2. The highest BCUT2D eigenvalue weighted by molar-refractivity contribution is 5.90. The van der Waals surface area contributed by atoms with E-state index in [2.05, 4.69) is 24.3 Å². The number of aromatic nitrogens is 2. The molecule has 1 aliphatic carbocycles. The minimum atomic E-state index is -0.382. The average Bonchev–Trinajstić information content (AvgIpc) is 3.26. The Balaban J connectivity index is 1.56. The van der Waals surface area contributed by atoms with Gasteiger partial charge in [0.15, 0.2) is 0 Å². The molecule has 2 aliphatic heterocycles. The van der Waals surface area contributed by atoms with Crippen molar-refractivity contribution in [3.63, 3.8) is 0 Å². The van der Waals surface area contributed by atoms with Crippen LogP contribution in [0.2, 0.25) is 0 Å². The first kappa shape index (κ1) is 17.5. The van der Waals surface area contributed by atoms with Crippen molar-refractivity contribution in [2.24, 2.45) is 24.3 Å². The molecule has 1 aromatic rings. The molecule has 3 aliphatic rings. The molecular weight excluding hydrogens is 332 g/mol. The number of fused-ring (bicyclic) bond motifs is 1. The van der Waals surface area contributed by atoms with Crippen LogP contribution < -0.4 is 5.32 Å². The van der Waals surface area contributed by atoms with Crippen LogP contribution in [0.15, 0.2) is 6.20 Å². The smallest absolute Gasteiger partial charge is 0.226 e. The SMILES string of the molecule is Cc1c(C2C(C(=O)NC3C4CCOC4C3(C)C)CC(=O)N2C)cnn1C. The van der Waals surface area contributed by atoms with Crippen molar-refractivity contribution in [1.29, 1.82) is 0 Å². The van der Waals surface area contributed by atoms with Gasteiger partial charge in [-0.2, -0.15) is 5.10 Å². The largest absolute Gasteiger partial charge is 0.377 e. The minimum Gasteiger partial charge on any atom is -0.377 e. The van der Waals surface area contributed by atoms with Crippen LogP contribution in [0, 0.1) is 24.2 Å². The summed E-state index contributed by atoms with van der Waals surface area (Å²) in [5.74, 6) is -0.0114. The van der Waals surface area contributed by atoms with Gasteiger partial charge in [-0.05, 0) is 13.3 Å². The van der Waals surface area contributed by atoms with E-state index in [0.717, 1.165) is 24.3 Å². The maximum Gasteiger partial charge on any atom is 0.226 e. The second-order valence-corrected chi connectivity index (χ2v) is 8.62. The predicted molar refractivity (Wildman–Crippen MR) is 95.1 cm³/mol. The second kappa shape index (κ2) is 5.81. The lowest BCUT2D eigenvalue weighted by atomic mass is 9.57. The number of amides is 2. The molecule has 0 bridgehead atoms. The lowest BCUT2D eigenvalue weighted by Gasteiger charge is -2.54. The number of ether oxygens (including phenoxy) is 1. The molecule has 4 rings (SSSR count). The molecule has 7 nitrogen and oxygen atoms in total. The highest BCUT2D eigenvalue weighted by Gasteiger charge is 2.60. The molecule has 5 unspecified atom stereocenters. The Morgan fingerprint density at radius 2 is 2.12 bits per heavy atom. The molecule has 1 N–H and O–H groups in total. The number of likely N-dealkylation sites (tertiary alicyclic amines) is 1. The predicted octanol–water partition coefficient (Wildman–Crippen LogP) is 1.18. The van der Waals surface area contributed by atoms with Gasteiger partial charge in [0.05, 0.1) is 24.3 Å². The number of hydrogen-bond donors (Lipinski definition) is 1. The number of hydrogen-bond acceptors (Lipinski definition) is 4. The van der Waals surface area contributed by atoms with Gasteiger partial charge in [-0.25, -0.2) is 0 Å². The maximum atomic E-state index is 13.2. The van der Waals surface area contributed by atoms with E-state index >= 15 is 0 Å². The number of carbonyl (C=O) groups excluding carboxylic acids is 2. The zero-order valence-corrected chi connectivity index (χ0v) is 16.2. The van der Waals surface area contributed by atoms with Crippen LogP contribution in [0.5, 0.6) is 0 Å². The monoisotopic (exact) mass is 360 g/mol. The Labute approximate surface area is 154 Å². The van der Waals surface area contributed by atoms with Gasteiger partial charge in [0.25, 0.3) is 0 Å². The summed E-state index contributed by atoms with van der Waals surface area (Å²) >= 11 is 0. The normalized spacial score (nSPS) is 35.3. The van der Waals surface area contributed by atoms with Gasteiger partial charge in [0, 0.05) is 55.8 Å². The summed E-state index contributed by atoms with van der Waals surface area (Å²) in [5.41, 5.74) is 1.88. The molecule has 0 aromatic carbocycles. The third kappa shape index (κ3) is 2.32. The lowest BCUT2D eigenvalue weighted by molar-refractivity contribution is -0.141. The third-order valence-electron chi connectivity index (χ3n) is 6.91. The van der Waals surface area contributed by atoms with E-state index in [9.17, 15) is 9.59 Å². The summed E-state index contributed by atoms with van der Waals surface area (Å²) in [6, 6.07) is -0.144. The van der Waals surface area contributed by atoms with Crippen molar-refractivity contribution in [1.82, 2.24) is 20.0 Å².